The van der Waals surface area contributed by atoms with Gasteiger partial charge in [-0.3, -0.25) is 9.47 Å². The highest BCUT2D eigenvalue weighted by Crippen LogP contribution is 2.19. The molecule has 0 spiro atoms. The van der Waals surface area contributed by atoms with E-state index in [1.807, 2.05) is 54.0 Å². The Labute approximate surface area is 187 Å². The summed E-state index contributed by atoms with van der Waals surface area (Å²) in [7, 11) is -3.46. The van der Waals surface area contributed by atoms with Crippen LogP contribution in [-0.2, 0) is 23.2 Å². The van der Waals surface area contributed by atoms with Crippen LogP contribution in [0.4, 0.5) is 0 Å². The second-order valence-corrected chi connectivity index (χ2v) is 9.43. The molecule has 164 valence electrons. The van der Waals surface area contributed by atoms with E-state index in [2.05, 4.69) is 10.00 Å². The van der Waals surface area contributed by atoms with Gasteiger partial charge >= 0.3 is 0 Å². The van der Waals surface area contributed by atoms with Crippen molar-refractivity contribution < 1.29 is 12.8 Å². The minimum Gasteiger partial charge on any atom is -0.461 e. The van der Waals surface area contributed by atoms with Gasteiger partial charge in [0.2, 0.25) is 10.0 Å². The fourth-order valence-corrected chi connectivity index (χ4v) is 5.02. The van der Waals surface area contributed by atoms with Crippen molar-refractivity contribution in [3.63, 3.8) is 0 Å². The molecule has 3 aromatic rings. The molecule has 3 heterocycles. The molecule has 0 N–H and O–H groups in total. The van der Waals surface area contributed by atoms with Crippen molar-refractivity contribution in [2.24, 2.45) is 0 Å². The van der Waals surface area contributed by atoms with Gasteiger partial charge in [0.25, 0.3) is 0 Å². The largest absolute Gasteiger partial charge is 0.461 e. The van der Waals surface area contributed by atoms with Gasteiger partial charge in [-0.05, 0) is 42.9 Å². The van der Waals surface area contributed by atoms with Crippen LogP contribution in [0.15, 0.2) is 58.6 Å². The van der Waals surface area contributed by atoms with Crippen LogP contribution in [0.2, 0.25) is 0 Å². The van der Waals surface area contributed by atoms with Crippen molar-refractivity contribution >= 4 is 28.3 Å². The maximum Gasteiger partial charge on any atom is 0.236 e. The molecule has 31 heavy (non-hydrogen) atoms. The first-order chi connectivity index (χ1) is 15.0. The Morgan fingerprint density at radius 2 is 1.84 bits per heavy atom. The van der Waals surface area contributed by atoms with E-state index in [9.17, 15) is 8.42 Å². The van der Waals surface area contributed by atoms with Gasteiger partial charge in [-0.1, -0.05) is 30.3 Å². The normalized spacial score (nSPS) is 16.3. The number of hydrogen-bond acceptors (Lipinski definition) is 6. The molecule has 4 rings (SSSR count). The number of benzene rings is 1. The summed E-state index contributed by atoms with van der Waals surface area (Å²) < 4.78 is 36.7. The molecule has 8 nitrogen and oxygen atoms in total. The van der Waals surface area contributed by atoms with Crippen molar-refractivity contribution in [1.29, 1.82) is 0 Å². The number of rotatable bonds is 7. The van der Waals surface area contributed by atoms with E-state index >= 15 is 0 Å². The minimum absolute atomic E-state index is 0.425. The summed E-state index contributed by atoms with van der Waals surface area (Å²) in [6.45, 7) is 5.27. The highest BCUT2D eigenvalue weighted by molar-refractivity contribution is 7.92. The topological polar surface area (TPSA) is 76.5 Å². The standard InChI is InChI=1S/C21H25N5O3S2/c1-2-25-20(19-9-6-15-29-19)22-26(21(25)30)17-23-11-13-24(14-12-23)31(27,28)16-10-18-7-4-3-5-8-18/h3-10,15-16H,2,11-14,17H2,1H3/b16-10+. The summed E-state index contributed by atoms with van der Waals surface area (Å²) in [5.41, 5.74) is 0.859. The van der Waals surface area contributed by atoms with Crippen molar-refractivity contribution in [2.75, 3.05) is 26.2 Å². The monoisotopic (exact) mass is 459 g/mol. The second-order valence-electron chi connectivity index (χ2n) is 7.24. The molecule has 0 aliphatic carbocycles. The zero-order chi connectivity index (χ0) is 21.8. The molecule has 1 aliphatic rings. The number of piperazine rings is 1. The van der Waals surface area contributed by atoms with Crippen LogP contribution in [0.5, 0.6) is 0 Å². The maximum absolute atomic E-state index is 12.7. The summed E-state index contributed by atoms with van der Waals surface area (Å²) >= 11 is 5.60. The van der Waals surface area contributed by atoms with E-state index in [4.69, 9.17) is 16.6 Å². The van der Waals surface area contributed by atoms with Crippen molar-refractivity contribution in [3.05, 3.63) is 64.5 Å². The van der Waals surface area contributed by atoms with Crippen LogP contribution in [-0.4, -0.2) is 58.1 Å². The fraction of sp³-hybridized carbons (Fsp3) is 0.333. The van der Waals surface area contributed by atoms with Crippen molar-refractivity contribution in [3.8, 4) is 11.6 Å². The number of hydrogen-bond donors (Lipinski definition) is 0. The first-order valence-corrected chi connectivity index (χ1v) is 12.1. The predicted molar refractivity (Wildman–Crippen MR) is 122 cm³/mol. The van der Waals surface area contributed by atoms with Gasteiger partial charge in [0, 0.05) is 38.1 Å². The molecule has 1 aliphatic heterocycles. The van der Waals surface area contributed by atoms with E-state index in [1.54, 1.807) is 17.0 Å². The molecular formula is C21H25N5O3S2. The zero-order valence-electron chi connectivity index (χ0n) is 17.3. The number of aromatic nitrogens is 3. The second kappa shape index (κ2) is 9.31. The number of nitrogens with zero attached hydrogens (tertiary/aromatic N) is 5. The molecule has 2 aromatic heterocycles. The van der Waals surface area contributed by atoms with Gasteiger partial charge in [-0.15, -0.1) is 5.10 Å². The molecule has 1 saturated heterocycles. The van der Waals surface area contributed by atoms with Crippen LogP contribution in [0, 0.1) is 4.77 Å². The van der Waals surface area contributed by atoms with Crippen LogP contribution in [0.1, 0.15) is 12.5 Å². The Kier molecular flexibility index (Phi) is 6.51. The van der Waals surface area contributed by atoms with Gasteiger partial charge < -0.3 is 4.42 Å². The average Bonchev–Trinajstić information content (AvgIpc) is 3.42. The first-order valence-electron chi connectivity index (χ1n) is 10.1. The average molecular weight is 460 g/mol. The van der Waals surface area contributed by atoms with E-state index in [-0.39, 0.29) is 0 Å². The van der Waals surface area contributed by atoms with Crippen molar-refractivity contribution in [2.45, 2.75) is 20.1 Å². The Bertz CT molecular complexity index is 1190. The van der Waals surface area contributed by atoms with Crippen LogP contribution in [0.3, 0.4) is 0 Å². The Morgan fingerprint density at radius 3 is 2.48 bits per heavy atom. The van der Waals surface area contributed by atoms with Crippen LogP contribution in [0.25, 0.3) is 17.7 Å². The van der Waals surface area contributed by atoms with Gasteiger partial charge in [0.1, 0.15) is 0 Å². The van der Waals surface area contributed by atoms with Gasteiger partial charge in [-0.25, -0.2) is 13.1 Å². The molecule has 0 saturated carbocycles. The fourth-order valence-electron chi connectivity index (χ4n) is 3.54. The molecule has 0 unspecified atom stereocenters. The summed E-state index contributed by atoms with van der Waals surface area (Å²) in [6.07, 6.45) is 3.25. The summed E-state index contributed by atoms with van der Waals surface area (Å²) in [5.74, 6) is 1.37. The van der Waals surface area contributed by atoms with Crippen LogP contribution < -0.4 is 0 Å². The quantitative estimate of drug-likeness (QED) is 0.505. The third-order valence-electron chi connectivity index (χ3n) is 5.24. The van der Waals surface area contributed by atoms with Crippen molar-refractivity contribution in [1.82, 2.24) is 23.6 Å². The number of furan rings is 1. The lowest BCUT2D eigenvalue weighted by Crippen LogP contribution is -2.48. The zero-order valence-corrected chi connectivity index (χ0v) is 18.9. The molecule has 1 fully saturated rings. The number of sulfonamides is 1. The van der Waals surface area contributed by atoms with E-state index in [0.29, 0.717) is 55.7 Å². The lowest BCUT2D eigenvalue weighted by Gasteiger charge is -2.32. The first kappa shape index (κ1) is 21.7. The minimum atomic E-state index is -3.46. The summed E-state index contributed by atoms with van der Waals surface area (Å²) in [5, 5.41) is 5.93. The molecular weight excluding hydrogens is 434 g/mol. The summed E-state index contributed by atoms with van der Waals surface area (Å²) in [4.78, 5) is 2.15. The van der Waals surface area contributed by atoms with Gasteiger partial charge in [-0.2, -0.15) is 4.31 Å². The molecule has 0 radical (unpaired) electrons. The SMILES string of the molecule is CCn1c(-c2ccco2)nn(CN2CCN(S(=O)(=O)/C=C/c3ccccc3)CC2)c1=S. The summed E-state index contributed by atoms with van der Waals surface area (Å²) in [6, 6.07) is 13.1. The molecule has 0 amide bonds. The smallest absolute Gasteiger partial charge is 0.236 e. The molecule has 1 aromatic carbocycles. The molecule has 0 bridgehead atoms. The Hall–Kier alpha value is -2.53. The highest BCUT2D eigenvalue weighted by atomic mass is 32.2. The van der Waals surface area contributed by atoms with E-state index in [0.717, 1.165) is 5.56 Å². The van der Waals surface area contributed by atoms with E-state index < -0.39 is 10.0 Å². The molecule has 0 atom stereocenters. The lowest BCUT2D eigenvalue weighted by molar-refractivity contribution is 0.145. The van der Waals surface area contributed by atoms with Gasteiger partial charge in [0.05, 0.1) is 12.9 Å². The lowest BCUT2D eigenvalue weighted by atomic mass is 10.2. The third kappa shape index (κ3) is 4.87. The molecule has 10 heteroatoms. The highest BCUT2D eigenvalue weighted by Gasteiger charge is 2.26. The van der Waals surface area contributed by atoms with E-state index in [1.165, 1.54) is 9.71 Å². The van der Waals surface area contributed by atoms with Crippen LogP contribution >= 0.6 is 12.2 Å². The Morgan fingerprint density at radius 1 is 1.10 bits per heavy atom. The van der Waals surface area contributed by atoms with Gasteiger partial charge in [0.15, 0.2) is 16.4 Å². The third-order valence-corrected chi connectivity index (χ3v) is 7.23. The Balaban J connectivity index is 1.41. The predicted octanol–water partition coefficient (Wildman–Crippen LogP) is 3.27. The maximum atomic E-state index is 12.7.